The van der Waals surface area contributed by atoms with Crippen molar-refractivity contribution in [3.8, 4) is 5.75 Å². The molecule has 0 aromatic heterocycles. The van der Waals surface area contributed by atoms with Crippen LogP contribution in [0.1, 0.15) is 42.9 Å². The van der Waals surface area contributed by atoms with Gasteiger partial charge in [-0.2, -0.15) is 0 Å². The summed E-state index contributed by atoms with van der Waals surface area (Å²) in [4.78, 5) is 16.3. The number of carbonyl (C=O) groups excluding carboxylic acids is 1. The zero-order valence-corrected chi connectivity index (χ0v) is 19.5. The molecule has 172 valence electrons. The first-order valence-electron chi connectivity index (χ1n) is 11.2. The molecule has 0 bridgehead atoms. The van der Waals surface area contributed by atoms with Gasteiger partial charge in [0.2, 0.25) is 15.9 Å². The number of benzene rings is 2. The maximum absolute atomic E-state index is 13.2. The number of rotatable bonds is 8. The lowest BCUT2D eigenvalue weighted by Gasteiger charge is -2.29. The fourth-order valence-electron chi connectivity index (χ4n) is 4.72. The number of nitrogens with zero attached hydrogens (tertiary/aromatic N) is 2. The number of hydrogen-bond donors (Lipinski definition) is 1. The number of para-hydroxylation sites is 1. The Balaban J connectivity index is 1.55. The predicted octanol–water partition coefficient (Wildman–Crippen LogP) is 3.25. The van der Waals surface area contributed by atoms with Crippen molar-refractivity contribution in [2.75, 3.05) is 38.2 Å². The minimum atomic E-state index is -3.72. The fraction of sp³-hybridized carbons (Fsp3) is 0.458. The first kappa shape index (κ1) is 22.8. The smallest absolute Gasteiger partial charge is 0.240 e. The van der Waals surface area contributed by atoms with E-state index in [1.54, 1.807) is 37.1 Å². The van der Waals surface area contributed by atoms with Gasteiger partial charge in [-0.15, -0.1) is 0 Å². The molecular weight excluding hydrogens is 426 g/mol. The van der Waals surface area contributed by atoms with Crippen LogP contribution in [-0.2, 0) is 14.8 Å². The molecule has 2 heterocycles. The molecule has 2 fully saturated rings. The van der Waals surface area contributed by atoms with Crippen molar-refractivity contribution in [2.45, 2.75) is 43.5 Å². The van der Waals surface area contributed by atoms with Gasteiger partial charge in [0.25, 0.3) is 0 Å². The van der Waals surface area contributed by atoms with Crippen molar-refractivity contribution in [3.05, 3.63) is 53.6 Å². The van der Waals surface area contributed by atoms with Crippen molar-refractivity contribution in [3.63, 3.8) is 0 Å². The molecule has 1 amide bonds. The summed E-state index contributed by atoms with van der Waals surface area (Å²) in [5.74, 6) is 0.850. The van der Waals surface area contributed by atoms with E-state index < -0.39 is 10.0 Å². The molecule has 1 atom stereocenters. The molecule has 2 aliphatic rings. The van der Waals surface area contributed by atoms with Gasteiger partial charge in [-0.05, 0) is 69.1 Å². The van der Waals surface area contributed by atoms with E-state index in [4.69, 9.17) is 4.74 Å². The third-order valence-electron chi connectivity index (χ3n) is 6.38. The second kappa shape index (κ2) is 9.60. The fourth-order valence-corrected chi connectivity index (χ4v) is 5.98. The van der Waals surface area contributed by atoms with Gasteiger partial charge in [0, 0.05) is 30.8 Å². The van der Waals surface area contributed by atoms with Crippen molar-refractivity contribution >= 4 is 21.6 Å². The Morgan fingerprint density at radius 1 is 1.06 bits per heavy atom. The van der Waals surface area contributed by atoms with Gasteiger partial charge in [-0.3, -0.25) is 9.69 Å². The molecule has 1 unspecified atom stereocenters. The quantitative estimate of drug-likeness (QED) is 0.658. The van der Waals surface area contributed by atoms with Crippen LogP contribution in [0.15, 0.2) is 47.4 Å². The van der Waals surface area contributed by atoms with Crippen LogP contribution < -0.4 is 14.4 Å². The number of sulfonamides is 1. The lowest BCUT2D eigenvalue weighted by atomic mass is 10.0. The number of hydrogen-bond acceptors (Lipinski definition) is 5. The normalized spacial score (nSPS) is 18.3. The third-order valence-corrected chi connectivity index (χ3v) is 7.96. The van der Waals surface area contributed by atoms with E-state index >= 15 is 0 Å². The highest BCUT2D eigenvalue weighted by Gasteiger charge is 2.29. The van der Waals surface area contributed by atoms with Crippen LogP contribution in [-0.4, -0.2) is 52.5 Å². The molecule has 1 N–H and O–H groups in total. The van der Waals surface area contributed by atoms with Gasteiger partial charge >= 0.3 is 0 Å². The summed E-state index contributed by atoms with van der Waals surface area (Å²) in [5.41, 5.74) is 2.37. The van der Waals surface area contributed by atoms with E-state index in [9.17, 15) is 13.2 Å². The van der Waals surface area contributed by atoms with E-state index in [1.165, 1.54) is 0 Å². The Labute approximate surface area is 190 Å². The minimum Gasteiger partial charge on any atom is -0.496 e. The van der Waals surface area contributed by atoms with Gasteiger partial charge in [-0.25, -0.2) is 13.1 Å². The minimum absolute atomic E-state index is 0.0865. The molecule has 7 nitrogen and oxygen atoms in total. The topological polar surface area (TPSA) is 79.0 Å². The van der Waals surface area contributed by atoms with Gasteiger partial charge in [-0.1, -0.05) is 18.2 Å². The maximum Gasteiger partial charge on any atom is 0.240 e. The number of amides is 1. The van der Waals surface area contributed by atoms with Crippen LogP contribution in [0.4, 0.5) is 5.69 Å². The van der Waals surface area contributed by atoms with Gasteiger partial charge in [0.05, 0.1) is 18.0 Å². The van der Waals surface area contributed by atoms with Gasteiger partial charge in [0.15, 0.2) is 0 Å². The number of ether oxygens (including phenoxy) is 1. The first-order chi connectivity index (χ1) is 15.4. The Morgan fingerprint density at radius 2 is 1.81 bits per heavy atom. The van der Waals surface area contributed by atoms with Crippen LogP contribution in [0.5, 0.6) is 5.75 Å². The molecule has 8 heteroatoms. The zero-order valence-electron chi connectivity index (χ0n) is 18.7. The Kier molecular flexibility index (Phi) is 6.83. The molecule has 2 aromatic carbocycles. The van der Waals surface area contributed by atoms with Crippen LogP contribution in [0.2, 0.25) is 0 Å². The van der Waals surface area contributed by atoms with Crippen molar-refractivity contribution in [1.29, 1.82) is 0 Å². The third kappa shape index (κ3) is 4.67. The number of methoxy groups -OCH3 is 1. The summed E-state index contributed by atoms with van der Waals surface area (Å²) in [6, 6.07) is 12.8. The molecule has 32 heavy (non-hydrogen) atoms. The summed E-state index contributed by atoms with van der Waals surface area (Å²) in [7, 11) is -2.08. The molecule has 0 saturated carbocycles. The molecule has 2 aromatic rings. The van der Waals surface area contributed by atoms with Crippen molar-refractivity contribution in [2.24, 2.45) is 0 Å². The summed E-state index contributed by atoms with van der Waals surface area (Å²) < 4.78 is 34.8. The molecule has 0 spiro atoms. The van der Waals surface area contributed by atoms with E-state index in [1.807, 2.05) is 24.3 Å². The number of aryl methyl sites for hydroxylation is 1. The number of carbonyl (C=O) groups is 1. The average Bonchev–Trinajstić information content (AvgIpc) is 3.46. The van der Waals surface area contributed by atoms with Crippen LogP contribution >= 0.6 is 0 Å². The summed E-state index contributed by atoms with van der Waals surface area (Å²) in [5, 5.41) is 0. The van der Waals surface area contributed by atoms with Gasteiger partial charge in [0.1, 0.15) is 5.75 Å². The Morgan fingerprint density at radius 3 is 2.47 bits per heavy atom. The summed E-state index contributed by atoms with van der Waals surface area (Å²) in [6.07, 6.45) is 3.59. The van der Waals surface area contributed by atoms with Crippen LogP contribution in [0.25, 0.3) is 0 Å². The largest absolute Gasteiger partial charge is 0.496 e. The highest BCUT2D eigenvalue weighted by molar-refractivity contribution is 7.89. The SMILES string of the molecule is COc1ccccc1C(CNS(=O)(=O)c1ccc(N2CCCC2=O)cc1C)N1CCCC1. The van der Waals surface area contributed by atoms with E-state index in [0.29, 0.717) is 18.5 Å². The van der Waals surface area contributed by atoms with E-state index in [0.717, 1.165) is 49.4 Å². The Hall–Kier alpha value is -2.42. The molecule has 2 aliphatic heterocycles. The van der Waals surface area contributed by atoms with Gasteiger partial charge < -0.3 is 9.64 Å². The van der Waals surface area contributed by atoms with Crippen molar-refractivity contribution < 1.29 is 17.9 Å². The Bertz CT molecular complexity index is 1080. The predicted molar refractivity (Wildman–Crippen MR) is 124 cm³/mol. The molecule has 0 aliphatic carbocycles. The number of nitrogens with one attached hydrogen (secondary N) is 1. The van der Waals surface area contributed by atoms with Crippen LogP contribution in [0.3, 0.4) is 0 Å². The molecule has 2 saturated heterocycles. The summed E-state index contributed by atoms with van der Waals surface area (Å²) >= 11 is 0. The van der Waals surface area contributed by atoms with E-state index in [-0.39, 0.29) is 23.4 Å². The zero-order chi connectivity index (χ0) is 22.7. The molecule has 4 rings (SSSR count). The maximum atomic E-state index is 13.2. The highest BCUT2D eigenvalue weighted by Crippen LogP contribution is 2.32. The highest BCUT2D eigenvalue weighted by atomic mass is 32.2. The lowest BCUT2D eigenvalue weighted by molar-refractivity contribution is -0.117. The number of likely N-dealkylation sites (tertiary alicyclic amines) is 1. The first-order valence-corrected chi connectivity index (χ1v) is 12.7. The van der Waals surface area contributed by atoms with E-state index in [2.05, 4.69) is 9.62 Å². The molecule has 0 radical (unpaired) electrons. The average molecular weight is 458 g/mol. The van der Waals surface area contributed by atoms with Crippen LogP contribution in [0, 0.1) is 6.92 Å². The standard InChI is InChI=1S/C24H31N3O4S/c1-18-16-19(27-15-7-10-24(27)28)11-12-23(18)32(29,30)25-17-21(26-13-5-6-14-26)20-8-3-4-9-22(20)31-2/h3-4,8-9,11-12,16,21,25H,5-7,10,13-15,17H2,1-2H3. The number of anilines is 1. The van der Waals surface area contributed by atoms with Crippen molar-refractivity contribution in [1.82, 2.24) is 9.62 Å². The second-order valence-electron chi connectivity index (χ2n) is 8.45. The monoisotopic (exact) mass is 457 g/mol. The second-order valence-corrected chi connectivity index (χ2v) is 10.2. The lowest BCUT2D eigenvalue weighted by Crippen LogP contribution is -2.37. The summed E-state index contributed by atoms with van der Waals surface area (Å²) in [6.45, 7) is 4.58. The molecular formula is C24H31N3O4S.